The molecule has 1 aliphatic heterocycles. The molecule has 88 valence electrons. The normalized spacial score (nSPS) is 21.2. The third kappa shape index (κ3) is 2.48. The largest absolute Gasteiger partial charge is 0.369 e. The van der Waals surface area contributed by atoms with Crippen molar-refractivity contribution in [3.05, 3.63) is 26.7 Å². The molecule has 1 saturated heterocycles. The van der Waals surface area contributed by atoms with Gasteiger partial charge in [-0.05, 0) is 40.9 Å². The van der Waals surface area contributed by atoms with Gasteiger partial charge >= 0.3 is 0 Å². The lowest BCUT2D eigenvalue weighted by atomic mass is 10.1. The topological polar surface area (TPSA) is 29.3 Å². The third-order valence-electron chi connectivity index (χ3n) is 2.81. The molecule has 1 aromatic rings. The summed E-state index contributed by atoms with van der Waals surface area (Å²) < 4.78 is 0.823. The number of rotatable bonds is 1. The number of nitrogens with zero attached hydrogens (tertiary/aromatic N) is 1. The van der Waals surface area contributed by atoms with Gasteiger partial charge in [-0.1, -0.05) is 23.2 Å². The summed E-state index contributed by atoms with van der Waals surface area (Å²) in [6.45, 7) is 1.84. The molecule has 5 heteroatoms. The zero-order valence-electron chi connectivity index (χ0n) is 8.72. The highest BCUT2D eigenvalue weighted by Crippen LogP contribution is 2.38. The summed E-state index contributed by atoms with van der Waals surface area (Å²) in [4.78, 5) is 2.20. The van der Waals surface area contributed by atoms with Crippen LogP contribution in [-0.2, 0) is 0 Å². The van der Waals surface area contributed by atoms with E-state index in [9.17, 15) is 0 Å². The van der Waals surface area contributed by atoms with Crippen LogP contribution in [0.4, 0.5) is 5.69 Å². The Morgan fingerprint density at radius 2 is 2.06 bits per heavy atom. The number of hydrogen-bond acceptors (Lipinski definition) is 2. The number of nitrogens with two attached hydrogens (primary N) is 1. The molecule has 1 unspecified atom stereocenters. The van der Waals surface area contributed by atoms with Crippen LogP contribution in [0.2, 0.25) is 10.0 Å². The van der Waals surface area contributed by atoms with Crippen molar-refractivity contribution in [3.8, 4) is 0 Å². The summed E-state index contributed by atoms with van der Waals surface area (Å²) in [5.74, 6) is 0. The Hall–Kier alpha value is 0.0400. The maximum absolute atomic E-state index is 6.24. The summed E-state index contributed by atoms with van der Waals surface area (Å²) in [5, 5.41) is 1.17. The molecule has 2 nitrogen and oxygen atoms in total. The van der Waals surface area contributed by atoms with Gasteiger partial charge in [0, 0.05) is 23.6 Å². The van der Waals surface area contributed by atoms with E-state index in [1.807, 2.05) is 12.1 Å². The number of anilines is 1. The van der Waals surface area contributed by atoms with Crippen molar-refractivity contribution in [2.24, 2.45) is 5.73 Å². The Kier molecular flexibility index (Phi) is 4.01. The van der Waals surface area contributed by atoms with Crippen LogP contribution in [0.3, 0.4) is 0 Å². The Bertz CT molecular complexity index is 398. The molecule has 0 amide bonds. The van der Waals surface area contributed by atoms with Crippen molar-refractivity contribution in [2.75, 3.05) is 18.0 Å². The van der Waals surface area contributed by atoms with Crippen molar-refractivity contribution in [1.29, 1.82) is 0 Å². The molecule has 1 aromatic carbocycles. The summed E-state index contributed by atoms with van der Waals surface area (Å²) in [7, 11) is 0. The van der Waals surface area contributed by atoms with Crippen LogP contribution in [0.1, 0.15) is 12.8 Å². The smallest absolute Gasteiger partial charge is 0.0837 e. The fraction of sp³-hybridized carbons (Fsp3) is 0.455. The first-order chi connectivity index (χ1) is 7.59. The minimum atomic E-state index is 0.229. The molecular formula is C11H13BrCl2N2. The Morgan fingerprint density at radius 1 is 1.31 bits per heavy atom. The van der Waals surface area contributed by atoms with E-state index in [-0.39, 0.29) is 6.04 Å². The Morgan fingerprint density at radius 3 is 2.75 bits per heavy atom. The van der Waals surface area contributed by atoms with E-state index in [4.69, 9.17) is 28.9 Å². The Labute approximate surface area is 114 Å². The predicted molar refractivity (Wildman–Crippen MR) is 73.6 cm³/mol. The quantitative estimate of drug-likeness (QED) is 0.799. The van der Waals surface area contributed by atoms with Gasteiger partial charge in [-0.25, -0.2) is 0 Å². The van der Waals surface area contributed by atoms with Gasteiger partial charge in [0.25, 0.3) is 0 Å². The zero-order chi connectivity index (χ0) is 11.7. The van der Waals surface area contributed by atoms with Crippen molar-refractivity contribution in [1.82, 2.24) is 0 Å². The van der Waals surface area contributed by atoms with E-state index < -0.39 is 0 Å². The summed E-state index contributed by atoms with van der Waals surface area (Å²) in [6.07, 6.45) is 2.18. The number of piperidine rings is 1. The molecule has 0 radical (unpaired) electrons. The van der Waals surface area contributed by atoms with Crippen molar-refractivity contribution < 1.29 is 0 Å². The van der Waals surface area contributed by atoms with Gasteiger partial charge in [0.1, 0.15) is 0 Å². The van der Waals surface area contributed by atoms with Crippen LogP contribution < -0.4 is 10.6 Å². The van der Waals surface area contributed by atoms with Gasteiger partial charge in [-0.15, -0.1) is 0 Å². The van der Waals surface area contributed by atoms with E-state index in [0.29, 0.717) is 10.0 Å². The number of hydrogen-bond donors (Lipinski definition) is 1. The average Bonchev–Trinajstić information content (AvgIpc) is 2.26. The first-order valence-corrected chi connectivity index (χ1v) is 6.78. The van der Waals surface area contributed by atoms with Crippen LogP contribution in [0.15, 0.2) is 16.6 Å². The highest BCUT2D eigenvalue weighted by atomic mass is 79.9. The fourth-order valence-corrected chi connectivity index (χ4v) is 2.88. The van der Waals surface area contributed by atoms with Crippen LogP contribution in [-0.4, -0.2) is 19.1 Å². The van der Waals surface area contributed by atoms with Crippen molar-refractivity contribution >= 4 is 44.8 Å². The molecule has 2 N–H and O–H groups in total. The molecule has 0 aromatic heterocycles. The van der Waals surface area contributed by atoms with E-state index in [1.54, 1.807) is 0 Å². The van der Waals surface area contributed by atoms with E-state index in [1.165, 1.54) is 0 Å². The van der Waals surface area contributed by atoms with Gasteiger partial charge < -0.3 is 10.6 Å². The minimum Gasteiger partial charge on any atom is -0.369 e. The van der Waals surface area contributed by atoms with Gasteiger partial charge in [0.2, 0.25) is 0 Å². The van der Waals surface area contributed by atoms with E-state index in [2.05, 4.69) is 20.8 Å². The second-order valence-corrected chi connectivity index (χ2v) is 5.65. The molecule has 1 aliphatic rings. The minimum absolute atomic E-state index is 0.229. The molecule has 1 fully saturated rings. The van der Waals surface area contributed by atoms with Crippen LogP contribution in [0.5, 0.6) is 0 Å². The van der Waals surface area contributed by atoms with Crippen molar-refractivity contribution in [2.45, 2.75) is 18.9 Å². The maximum atomic E-state index is 6.24. The predicted octanol–water partition coefficient (Wildman–Crippen LogP) is 3.68. The molecule has 0 aliphatic carbocycles. The second-order valence-electron chi connectivity index (χ2n) is 4.04. The van der Waals surface area contributed by atoms with E-state index >= 15 is 0 Å². The average molecular weight is 324 g/mol. The molecule has 1 heterocycles. The van der Waals surface area contributed by atoms with Gasteiger partial charge in [-0.2, -0.15) is 0 Å². The lowest BCUT2D eigenvalue weighted by Gasteiger charge is -2.33. The standard InChI is InChI=1S/C11H13BrCl2N2/c12-8-3-4-9(11(14)10(8)13)16-5-1-2-7(15)6-16/h3-4,7H,1-2,5-6,15H2. The monoisotopic (exact) mass is 322 g/mol. The number of halogens is 3. The number of benzene rings is 1. The second kappa shape index (κ2) is 5.13. The molecule has 16 heavy (non-hydrogen) atoms. The molecule has 0 spiro atoms. The lowest BCUT2D eigenvalue weighted by Crippen LogP contribution is -2.42. The molecule has 0 bridgehead atoms. The first-order valence-electron chi connectivity index (χ1n) is 5.23. The summed E-state index contributed by atoms with van der Waals surface area (Å²) in [6, 6.07) is 4.13. The van der Waals surface area contributed by atoms with E-state index in [0.717, 1.165) is 36.1 Å². The summed E-state index contributed by atoms with van der Waals surface area (Å²) in [5.41, 5.74) is 6.93. The molecule has 0 saturated carbocycles. The van der Waals surface area contributed by atoms with Crippen LogP contribution in [0, 0.1) is 0 Å². The van der Waals surface area contributed by atoms with Crippen LogP contribution in [0.25, 0.3) is 0 Å². The lowest BCUT2D eigenvalue weighted by molar-refractivity contribution is 0.506. The van der Waals surface area contributed by atoms with Gasteiger partial charge in [0.15, 0.2) is 0 Å². The highest BCUT2D eigenvalue weighted by Gasteiger charge is 2.20. The fourth-order valence-electron chi connectivity index (χ4n) is 1.99. The summed E-state index contributed by atoms with van der Waals surface area (Å²) >= 11 is 15.7. The third-order valence-corrected chi connectivity index (χ3v) is 4.57. The maximum Gasteiger partial charge on any atom is 0.0837 e. The van der Waals surface area contributed by atoms with Crippen LogP contribution >= 0.6 is 39.1 Å². The van der Waals surface area contributed by atoms with Gasteiger partial charge in [-0.3, -0.25) is 0 Å². The molecule has 1 atom stereocenters. The van der Waals surface area contributed by atoms with Gasteiger partial charge in [0.05, 0.1) is 15.7 Å². The molecular weight excluding hydrogens is 311 g/mol. The first kappa shape index (κ1) is 12.5. The molecule has 2 rings (SSSR count). The highest BCUT2D eigenvalue weighted by molar-refractivity contribution is 9.10. The van der Waals surface area contributed by atoms with Crippen molar-refractivity contribution in [3.63, 3.8) is 0 Å². The zero-order valence-corrected chi connectivity index (χ0v) is 11.8. The Balaban J connectivity index is 2.29. The SMILES string of the molecule is NC1CCCN(c2ccc(Br)c(Cl)c2Cl)C1.